The number of benzene rings is 2. The van der Waals surface area contributed by atoms with Crippen LogP contribution in [-0.4, -0.2) is 25.7 Å². The topological polar surface area (TPSA) is 60.3 Å². The summed E-state index contributed by atoms with van der Waals surface area (Å²) in [6.45, 7) is 2.79. The summed E-state index contributed by atoms with van der Waals surface area (Å²) >= 11 is 6.56. The molecule has 2 aromatic carbocycles. The summed E-state index contributed by atoms with van der Waals surface area (Å²) in [7, 11) is 3.29. The molecule has 0 aliphatic heterocycles. The fourth-order valence-electron chi connectivity index (χ4n) is 3.40. The number of nitrogens with two attached hydrogens (primary N) is 1. The third-order valence-corrected chi connectivity index (χ3v) is 5.08. The van der Waals surface area contributed by atoms with Crippen LogP contribution < -0.4 is 15.2 Å². The Morgan fingerprint density at radius 1 is 1.04 bits per heavy atom. The van der Waals surface area contributed by atoms with Crippen molar-refractivity contribution in [3.63, 3.8) is 0 Å². The Morgan fingerprint density at radius 2 is 1.81 bits per heavy atom. The number of H-pyrrole nitrogens is 1. The lowest BCUT2D eigenvalue weighted by Gasteiger charge is -2.10. The first-order chi connectivity index (χ1) is 12.6. The molecular formula is C21H25ClN2O2. The number of unbranched alkanes of at least 4 members (excludes halogenated alkanes) is 1. The number of hydrogen-bond acceptors (Lipinski definition) is 3. The van der Waals surface area contributed by atoms with Crippen LogP contribution in [0.5, 0.6) is 11.5 Å². The average Bonchev–Trinajstić information content (AvgIpc) is 3.05. The van der Waals surface area contributed by atoms with E-state index in [-0.39, 0.29) is 0 Å². The van der Waals surface area contributed by atoms with E-state index < -0.39 is 0 Å². The molecule has 3 aromatic rings. The monoisotopic (exact) mass is 372 g/mol. The van der Waals surface area contributed by atoms with E-state index >= 15 is 0 Å². The summed E-state index contributed by atoms with van der Waals surface area (Å²) in [5.74, 6) is 1.42. The molecule has 0 atom stereocenters. The molecule has 0 saturated heterocycles. The maximum atomic E-state index is 6.56. The molecule has 1 aromatic heterocycles. The van der Waals surface area contributed by atoms with E-state index in [9.17, 15) is 0 Å². The van der Waals surface area contributed by atoms with Gasteiger partial charge in [0.05, 0.1) is 24.8 Å². The van der Waals surface area contributed by atoms with Gasteiger partial charge in [-0.1, -0.05) is 17.7 Å². The number of methoxy groups -OCH3 is 2. The van der Waals surface area contributed by atoms with Crippen molar-refractivity contribution in [1.29, 1.82) is 0 Å². The minimum Gasteiger partial charge on any atom is -0.493 e. The normalized spacial score (nSPS) is 11.1. The van der Waals surface area contributed by atoms with E-state index in [1.54, 1.807) is 14.2 Å². The largest absolute Gasteiger partial charge is 0.493 e. The SMILES string of the molecule is COc1ccc(-c2[nH]c3c(C)ccc(Cl)c3c2CCCCN)cc1OC. The van der Waals surface area contributed by atoms with Gasteiger partial charge >= 0.3 is 0 Å². The summed E-state index contributed by atoms with van der Waals surface area (Å²) in [6.07, 6.45) is 2.93. The van der Waals surface area contributed by atoms with Crippen LogP contribution in [0.2, 0.25) is 5.02 Å². The smallest absolute Gasteiger partial charge is 0.161 e. The Balaban J connectivity index is 2.19. The lowest BCUT2D eigenvalue weighted by Crippen LogP contribution is -1.99. The average molecular weight is 373 g/mol. The molecule has 3 N–H and O–H groups in total. The van der Waals surface area contributed by atoms with Crippen molar-refractivity contribution < 1.29 is 9.47 Å². The highest BCUT2D eigenvalue weighted by Crippen LogP contribution is 2.39. The third-order valence-electron chi connectivity index (χ3n) is 4.77. The third kappa shape index (κ3) is 3.39. The summed E-state index contributed by atoms with van der Waals surface area (Å²) in [5, 5.41) is 1.88. The first-order valence-corrected chi connectivity index (χ1v) is 9.20. The maximum absolute atomic E-state index is 6.56. The predicted octanol–water partition coefficient (Wildman–Crippen LogP) is 5.10. The van der Waals surface area contributed by atoms with Gasteiger partial charge in [-0.05, 0) is 68.1 Å². The van der Waals surface area contributed by atoms with E-state index in [0.717, 1.165) is 46.4 Å². The zero-order chi connectivity index (χ0) is 18.7. The Bertz CT molecular complexity index is 918. The van der Waals surface area contributed by atoms with Gasteiger partial charge in [0.25, 0.3) is 0 Å². The molecule has 0 fully saturated rings. The van der Waals surface area contributed by atoms with Crippen LogP contribution in [0.4, 0.5) is 0 Å². The van der Waals surface area contributed by atoms with E-state index in [2.05, 4.69) is 11.9 Å². The molecule has 0 aliphatic carbocycles. The Kier molecular flexibility index (Phi) is 5.74. The number of hydrogen-bond donors (Lipinski definition) is 2. The van der Waals surface area contributed by atoms with Crippen molar-refractivity contribution in [1.82, 2.24) is 4.98 Å². The molecule has 0 saturated carbocycles. The van der Waals surface area contributed by atoms with Crippen molar-refractivity contribution in [2.75, 3.05) is 20.8 Å². The van der Waals surface area contributed by atoms with E-state index in [1.165, 1.54) is 11.1 Å². The summed E-state index contributed by atoms with van der Waals surface area (Å²) in [6, 6.07) is 9.99. The van der Waals surface area contributed by atoms with Gasteiger partial charge in [-0.25, -0.2) is 0 Å². The highest BCUT2D eigenvalue weighted by Gasteiger charge is 2.18. The molecule has 0 spiro atoms. The lowest BCUT2D eigenvalue weighted by atomic mass is 9.99. The lowest BCUT2D eigenvalue weighted by molar-refractivity contribution is 0.355. The minimum absolute atomic E-state index is 0.695. The van der Waals surface area contributed by atoms with Gasteiger partial charge in [-0.3, -0.25) is 0 Å². The van der Waals surface area contributed by atoms with Gasteiger partial charge in [-0.2, -0.15) is 0 Å². The zero-order valence-electron chi connectivity index (χ0n) is 15.5. The van der Waals surface area contributed by atoms with Crippen LogP contribution in [0.1, 0.15) is 24.0 Å². The molecule has 4 nitrogen and oxygen atoms in total. The van der Waals surface area contributed by atoms with Crippen molar-refractivity contribution in [2.24, 2.45) is 5.73 Å². The standard InChI is InChI=1S/C21H25ClN2O2/c1-13-7-9-16(22)19-15(6-4-5-11-23)21(24-20(13)19)14-8-10-17(25-2)18(12-14)26-3/h7-10,12,24H,4-6,11,23H2,1-3H3. The van der Waals surface area contributed by atoms with Gasteiger partial charge in [-0.15, -0.1) is 0 Å². The van der Waals surface area contributed by atoms with Crippen LogP contribution in [0.3, 0.4) is 0 Å². The summed E-state index contributed by atoms with van der Waals surface area (Å²) in [4.78, 5) is 3.59. The fraction of sp³-hybridized carbons (Fsp3) is 0.333. The van der Waals surface area contributed by atoms with Crippen LogP contribution in [0.25, 0.3) is 22.2 Å². The van der Waals surface area contributed by atoms with Crippen molar-refractivity contribution in [3.05, 3.63) is 46.5 Å². The van der Waals surface area contributed by atoms with Crippen LogP contribution in [-0.2, 0) is 6.42 Å². The summed E-state index contributed by atoms with van der Waals surface area (Å²) < 4.78 is 10.8. The quantitative estimate of drug-likeness (QED) is 0.567. The van der Waals surface area contributed by atoms with Gasteiger partial charge in [0.1, 0.15) is 0 Å². The number of rotatable bonds is 7. The number of aromatic nitrogens is 1. The summed E-state index contributed by atoms with van der Waals surface area (Å²) in [5.41, 5.74) is 11.3. The van der Waals surface area contributed by atoms with E-state index in [1.807, 2.05) is 30.3 Å². The van der Waals surface area contributed by atoms with Gasteiger partial charge in [0.2, 0.25) is 0 Å². The number of nitrogens with one attached hydrogen (secondary N) is 1. The van der Waals surface area contributed by atoms with Gasteiger partial charge in [0, 0.05) is 16.6 Å². The van der Waals surface area contributed by atoms with Crippen LogP contribution in [0, 0.1) is 6.92 Å². The van der Waals surface area contributed by atoms with Gasteiger partial charge in [0.15, 0.2) is 11.5 Å². The minimum atomic E-state index is 0.695. The van der Waals surface area contributed by atoms with Crippen LogP contribution in [0.15, 0.2) is 30.3 Å². The van der Waals surface area contributed by atoms with E-state index in [4.69, 9.17) is 26.8 Å². The van der Waals surface area contributed by atoms with Crippen molar-refractivity contribution in [3.8, 4) is 22.8 Å². The molecule has 1 heterocycles. The molecule has 26 heavy (non-hydrogen) atoms. The Labute approximate surface area is 159 Å². The number of halogens is 1. The van der Waals surface area contributed by atoms with Gasteiger partial charge < -0.3 is 20.2 Å². The zero-order valence-corrected chi connectivity index (χ0v) is 16.2. The Hall–Kier alpha value is -2.17. The number of aromatic amines is 1. The van der Waals surface area contributed by atoms with Crippen LogP contribution >= 0.6 is 11.6 Å². The number of aryl methyl sites for hydroxylation is 2. The fourth-order valence-corrected chi connectivity index (χ4v) is 3.67. The molecule has 3 rings (SSSR count). The van der Waals surface area contributed by atoms with Crippen molar-refractivity contribution >= 4 is 22.5 Å². The molecule has 0 unspecified atom stereocenters. The second kappa shape index (κ2) is 8.02. The Morgan fingerprint density at radius 3 is 2.50 bits per heavy atom. The predicted molar refractivity (Wildman–Crippen MR) is 109 cm³/mol. The molecule has 5 heteroatoms. The van der Waals surface area contributed by atoms with E-state index in [0.29, 0.717) is 18.0 Å². The second-order valence-corrected chi connectivity index (χ2v) is 6.82. The molecule has 0 radical (unpaired) electrons. The number of ether oxygens (including phenoxy) is 2. The maximum Gasteiger partial charge on any atom is 0.161 e. The molecule has 138 valence electrons. The highest BCUT2D eigenvalue weighted by molar-refractivity contribution is 6.36. The molecular weight excluding hydrogens is 348 g/mol. The highest BCUT2D eigenvalue weighted by atomic mass is 35.5. The second-order valence-electron chi connectivity index (χ2n) is 6.41. The van der Waals surface area contributed by atoms with Crippen molar-refractivity contribution in [2.45, 2.75) is 26.2 Å². The molecule has 0 aliphatic rings. The molecule has 0 amide bonds. The first kappa shape index (κ1) is 18.6. The number of fused-ring (bicyclic) bond motifs is 1. The first-order valence-electron chi connectivity index (χ1n) is 8.82. The molecule has 0 bridgehead atoms.